The van der Waals surface area contributed by atoms with Crippen LogP contribution >= 0.6 is 0 Å². The molecule has 1 amide bonds. The Morgan fingerprint density at radius 1 is 0.950 bits per heavy atom. The number of aliphatic hydroxyl groups excluding tert-OH is 1. The second kappa shape index (κ2) is 13.2. The van der Waals surface area contributed by atoms with Crippen LogP contribution in [0.2, 0.25) is 0 Å². The SMILES string of the molecule is CCCCCOc1cccc(C2/C(=C(\O)c3ccc4c(c3)OCCO4)C(=O)C(=O)N2CCCN2CCOCC2)c1. The summed E-state index contributed by atoms with van der Waals surface area (Å²) in [6.45, 7) is 7.86. The summed E-state index contributed by atoms with van der Waals surface area (Å²) in [7, 11) is 0. The first-order valence-corrected chi connectivity index (χ1v) is 14.3. The van der Waals surface area contributed by atoms with E-state index in [0.717, 1.165) is 44.5 Å². The molecule has 3 aliphatic heterocycles. The van der Waals surface area contributed by atoms with Crippen molar-refractivity contribution < 1.29 is 33.6 Å². The van der Waals surface area contributed by atoms with Crippen LogP contribution in [0.5, 0.6) is 17.2 Å². The summed E-state index contributed by atoms with van der Waals surface area (Å²) in [5.41, 5.74) is 1.18. The Labute approximate surface area is 235 Å². The fourth-order valence-electron chi connectivity index (χ4n) is 5.41. The van der Waals surface area contributed by atoms with E-state index >= 15 is 0 Å². The molecule has 1 N–H and O–H groups in total. The van der Waals surface area contributed by atoms with E-state index < -0.39 is 17.7 Å². The molecular formula is C31H38N2O7. The van der Waals surface area contributed by atoms with Gasteiger partial charge in [0.05, 0.1) is 31.4 Å². The molecule has 1 atom stereocenters. The molecule has 0 bridgehead atoms. The Morgan fingerprint density at radius 3 is 2.55 bits per heavy atom. The number of unbranched alkanes of at least 4 members (excludes halogenated alkanes) is 2. The van der Waals surface area contributed by atoms with E-state index in [9.17, 15) is 14.7 Å². The minimum atomic E-state index is -0.739. The molecule has 2 aromatic rings. The van der Waals surface area contributed by atoms with E-state index in [0.29, 0.717) is 68.8 Å². The molecule has 0 aromatic heterocycles. The highest BCUT2D eigenvalue weighted by molar-refractivity contribution is 6.46. The van der Waals surface area contributed by atoms with Crippen molar-refractivity contribution in [1.82, 2.24) is 9.80 Å². The van der Waals surface area contributed by atoms with Crippen molar-refractivity contribution in [2.24, 2.45) is 0 Å². The van der Waals surface area contributed by atoms with E-state index in [1.807, 2.05) is 24.3 Å². The van der Waals surface area contributed by atoms with Crippen LogP contribution in [-0.2, 0) is 14.3 Å². The maximum absolute atomic E-state index is 13.5. The van der Waals surface area contributed by atoms with Gasteiger partial charge in [0.1, 0.15) is 24.7 Å². The molecule has 40 heavy (non-hydrogen) atoms. The summed E-state index contributed by atoms with van der Waals surface area (Å²) in [6, 6.07) is 11.8. The molecule has 1 unspecified atom stereocenters. The average Bonchev–Trinajstić information content (AvgIpc) is 3.24. The molecular weight excluding hydrogens is 512 g/mol. The van der Waals surface area contributed by atoms with Crippen molar-refractivity contribution in [3.8, 4) is 17.2 Å². The number of aliphatic hydroxyl groups is 1. The second-order valence-electron chi connectivity index (χ2n) is 10.3. The van der Waals surface area contributed by atoms with Gasteiger partial charge >= 0.3 is 0 Å². The maximum atomic E-state index is 13.5. The Kier molecular flexibility index (Phi) is 9.23. The number of morpholine rings is 1. The van der Waals surface area contributed by atoms with Crippen molar-refractivity contribution in [1.29, 1.82) is 0 Å². The summed E-state index contributed by atoms with van der Waals surface area (Å²) >= 11 is 0. The van der Waals surface area contributed by atoms with Gasteiger partial charge in [0.25, 0.3) is 11.7 Å². The second-order valence-corrected chi connectivity index (χ2v) is 10.3. The molecule has 5 rings (SSSR count). The number of fused-ring (bicyclic) bond motifs is 1. The Balaban J connectivity index is 1.46. The first-order chi connectivity index (χ1) is 19.6. The number of carbonyl (C=O) groups is 2. The number of amides is 1. The fraction of sp³-hybridized carbons (Fsp3) is 0.484. The van der Waals surface area contributed by atoms with Gasteiger partial charge in [0.15, 0.2) is 11.5 Å². The number of ether oxygens (including phenoxy) is 4. The van der Waals surface area contributed by atoms with Gasteiger partial charge in [-0.3, -0.25) is 14.5 Å². The van der Waals surface area contributed by atoms with Gasteiger partial charge in [-0.2, -0.15) is 0 Å². The number of hydrogen-bond donors (Lipinski definition) is 1. The fourth-order valence-corrected chi connectivity index (χ4v) is 5.41. The van der Waals surface area contributed by atoms with E-state index in [1.165, 1.54) is 0 Å². The number of nitrogens with zero attached hydrogens (tertiary/aromatic N) is 2. The van der Waals surface area contributed by atoms with Crippen LogP contribution in [0.1, 0.15) is 49.8 Å². The van der Waals surface area contributed by atoms with Gasteiger partial charge in [-0.1, -0.05) is 31.9 Å². The van der Waals surface area contributed by atoms with Gasteiger partial charge < -0.3 is 29.0 Å². The summed E-state index contributed by atoms with van der Waals surface area (Å²) in [5, 5.41) is 11.5. The normalized spacial score (nSPS) is 20.6. The number of carbonyl (C=O) groups excluding carboxylic acids is 2. The number of benzene rings is 2. The van der Waals surface area contributed by atoms with Gasteiger partial charge in [0.2, 0.25) is 0 Å². The molecule has 2 aromatic carbocycles. The minimum absolute atomic E-state index is 0.0659. The Morgan fingerprint density at radius 2 is 1.75 bits per heavy atom. The van der Waals surface area contributed by atoms with Crippen molar-refractivity contribution in [3.05, 3.63) is 59.2 Å². The van der Waals surface area contributed by atoms with Gasteiger partial charge in [-0.25, -0.2) is 0 Å². The van der Waals surface area contributed by atoms with Crippen molar-refractivity contribution >= 4 is 17.4 Å². The Bertz CT molecular complexity index is 1240. The summed E-state index contributed by atoms with van der Waals surface area (Å²) in [4.78, 5) is 30.8. The molecule has 0 radical (unpaired) electrons. The third-order valence-electron chi connectivity index (χ3n) is 7.52. The first-order valence-electron chi connectivity index (χ1n) is 14.3. The van der Waals surface area contributed by atoms with Crippen molar-refractivity contribution in [3.63, 3.8) is 0 Å². The lowest BCUT2D eigenvalue weighted by atomic mass is 9.95. The largest absolute Gasteiger partial charge is 0.507 e. The standard InChI is InChI=1S/C31H38N2O7/c1-2-3-4-15-38-24-8-5-7-22(20-24)28-27(29(34)23-9-10-25-26(21-23)40-19-18-39-25)30(35)31(36)33(28)12-6-11-32-13-16-37-17-14-32/h5,7-10,20-21,28,34H,2-4,6,11-19H2,1H3/b29-27+. The maximum Gasteiger partial charge on any atom is 0.295 e. The molecule has 214 valence electrons. The molecule has 3 aliphatic rings. The third kappa shape index (κ3) is 6.26. The summed E-state index contributed by atoms with van der Waals surface area (Å²) < 4.78 is 22.7. The lowest BCUT2D eigenvalue weighted by Gasteiger charge is -2.29. The van der Waals surface area contributed by atoms with Crippen LogP contribution in [0.4, 0.5) is 0 Å². The lowest BCUT2D eigenvalue weighted by molar-refractivity contribution is -0.140. The molecule has 0 spiro atoms. The van der Waals surface area contributed by atoms with Crippen LogP contribution in [-0.4, -0.2) is 85.8 Å². The molecule has 9 nitrogen and oxygen atoms in total. The predicted molar refractivity (Wildman–Crippen MR) is 150 cm³/mol. The molecule has 3 heterocycles. The van der Waals surface area contributed by atoms with Crippen LogP contribution in [0, 0.1) is 0 Å². The topological polar surface area (TPSA) is 97.8 Å². The van der Waals surface area contributed by atoms with Crippen LogP contribution in [0.15, 0.2) is 48.0 Å². The quantitative estimate of drug-likeness (QED) is 0.193. The minimum Gasteiger partial charge on any atom is -0.507 e. The van der Waals surface area contributed by atoms with Crippen molar-refractivity contribution in [2.45, 2.75) is 38.6 Å². The zero-order chi connectivity index (χ0) is 27.9. The van der Waals surface area contributed by atoms with E-state index in [-0.39, 0.29) is 11.3 Å². The van der Waals surface area contributed by atoms with Crippen molar-refractivity contribution in [2.75, 3.05) is 59.2 Å². The number of likely N-dealkylation sites (tertiary alicyclic amines) is 1. The number of Topliss-reactive ketones (excluding diaryl/α,β-unsaturated/α-hetero) is 1. The molecule has 2 saturated heterocycles. The van der Waals surface area contributed by atoms with E-state index in [4.69, 9.17) is 18.9 Å². The van der Waals surface area contributed by atoms with Gasteiger partial charge in [-0.05, 0) is 48.7 Å². The van der Waals surface area contributed by atoms with E-state index in [1.54, 1.807) is 23.1 Å². The average molecular weight is 551 g/mol. The number of hydrogen-bond acceptors (Lipinski definition) is 8. The zero-order valence-corrected chi connectivity index (χ0v) is 23.1. The first kappa shape index (κ1) is 28.0. The lowest BCUT2D eigenvalue weighted by Crippen LogP contribution is -2.38. The third-order valence-corrected chi connectivity index (χ3v) is 7.52. The summed E-state index contributed by atoms with van der Waals surface area (Å²) in [6.07, 6.45) is 3.83. The predicted octanol–water partition coefficient (Wildman–Crippen LogP) is 4.17. The number of rotatable bonds is 11. The van der Waals surface area contributed by atoms with Gasteiger partial charge in [0, 0.05) is 31.7 Å². The highest BCUT2D eigenvalue weighted by Crippen LogP contribution is 2.41. The highest BCUT2D eigenvalue weighted by atomic mass is 16.6. The zero-order valence-electron chi connectivity index (χ0n) is 23.1. The van der Waals surface area contributed by atoms with E-state index in [2.05, 4.69) is 11.8 Å². The smallest absolute Gasteiger partial charge is 0.295 e. The highest BCUT2D eigenvalue weighted by Gasteiger charge is 2.46. The summed E-state index contributed by atoms with van der Waals surface area (Å²) in [5.74, 6) is 0.209. The number of ketones is 1. The van der Waals surface area contributed by atoms with Gasteiger partial charge in [-0.15, -0.1) is 0 Å². The molecule has 9 heteroatoms. The molecule has 2 fully saturated rings. The molecule has 0 aliphatic carbocycles. The van der Waals surface area contributed by atoms with Crippen LogP contribution in [0.3, 0.4) is 0 Å². The van der Waals surface area contributed by atoms with Crippen LogP contribution in [0.25, 0.3) is 5.76 Å². The monoisotopic (exact) mass is 550 g/mol. The van der Waals surface area contributed by atoms with Crippen LogP contribution < -0.4 is 14.2 Å². The molecule has 0 saturated carbocycles. The Hall–Kier alpha value is -3.56.